The van der Waals surface area contributed by atoms with Gasteiger partial charge in [-0.25, -0.2) is 14.4 Å². The van der Waals surface area contributed by atoms with E-state index in [1.807, 2.05) is 12.1 Å². The molecule has 3 aliphatic rings. The number of thioether (sulfide) groups is 1. The largest absolute Gasteiger partial charge is 0.453 e. The van der Waals surface area contributed by atoms with Gasteiger partial charge in [0.1, 0.15) is 11.3 Å². The van der Waals surface area contributed by atoms with E-state index in [9.17, 15) is 4.39 Å². The van der Waals surface area contributed by atoms with E-state index in [4.69, 9.17) is 20.2 Å². The lowest BCUT2D eigenvalue weighted by molar-refractivity contribution is 0.164. The third-order valence-corrected chi connectivity index (χ3v) is 7.29. The topological polar surface area (TPSA) is 69.7 Å². The van der Waals surface area contributed by atoms with Crippen molar-refractivity contribution in [2.75, 3.05) is 19.0 Å². The Kier molecular flexibility index (Phi) is 5.15. The van der Waals surface area contributed by atoms with Crippen LogP contribution in [-0.4, -0.2) is 29.1 Å². The fourth-order valence-corrected chi connectivity index (χ4v) is 5.71. The van der Waals surface area contributed by atoms with Crippen LogP contribution in [0.2, 0.25) is 0 Å². The van der Waals surface area contributed by atoms with Crippen LogP contribution >= 0.6 is 11.8 Å². The number of benzene rings is 2. The van der Waals surface area contributed by atoms with E-state index >= 15 is 4.39 Å². The van der Waals surface area contributed by atoms with E-state index in [-0.39, 0.29) is 5.75 Å². The first-order chi connectivity index (χ1) is 16.5. The molecule has 0 fully saturated rings. The number of nitrogens with two attached hydrogens (primary N) is 1. The molecule has 1 atom stereocenters. The van der Waals surface area contributed by atoms with Gasteiger partial charge in [-0.3, -0.25) is 0 Å². The molecule has 0 unspecified atom stereocenters. The molecular weight excluding hydrogens is 456 g/mol. The minimum absolute atomic E-state index is 0.150. The lowest BCUT2D eigenvalue weighted by Crippen LogP contribution is -2.36. The number of halogens is 2. The maximum absolute atomic E-state index is 15.5. The smallest absolute Gasteiger partial charge is 0.220 e. The Balaban J connectivity index is 1.59. The Morgan fingerprint density at radius 1 is 1.06 bits per heavy atom. The summed E-state index contributed by atoms with van der Waals surface area (Å²) in [6.45, 7) is 1.08. The van der Waals surface area contributed by atoms with Crippen molar-refractivity contribution in [1.29, 1.82) is 0 Å². The van der Waals surface area contributed by atoms with E-state index in [1.54, 1.807) is 24.3 Å². The highest BCUT2D eigenvalue weighted by atomic mass is 32.2. The number of hydrogen-bond acceptors (Lipinski definition) is 6. The molecule has 0 saturated carbocycles. The van der Waals surface area contributed by atoms with E-state index in [0.717, 1.165) is 23.1 Å². The molecule has 5 nitrogen and oxygen atoms in total. The minimum atomic E-state index is -0.945. The van der Waals surface area contributed by atoms with Gasteiger partial charge in [-0.05, 0) is 65.9 Å². The number of aromatic nitrogens is 1. The molecule has 34 heavy (non-hydrogen) atoms. The molecule has 0 aliphatic carbocycles. The molecule has 8 heteroatoms. The molecule has 1 aromatic heterocycles. The molecule has 0 amide bonds. The fourth-order valence-electron chi connectivity index (χ4n) is 4.88. The average Bonchev–Trinajstić information content (AvgIpc) is 2.86. The number of hydrogen-bond donors (Lipinski definition) is 1. The van der Waals surface area contributed by atoms with Gasteiger partial charge in [-0.2, -0.15) is 4.39 Å². The quantitative estimate of drug-likeness (QED) is 0.485. The normalized spacial score (nSPS) is 21.2. The predicted molar refractivity (Wildman–Crippen MR) is 129 cm³/mol. The zero-order valence-corrected chi connectivity index (χ0v) is 19.0. The molecule has 3 aliphatic heterocycles. The van der Waals surface area contributed by atoms with Gasteiger partial charge in [0.25, 0.3) is 0 Å². The maximum Gasteiger partial charge on any atom is 0.220 e. The lowest BCUT2D eigenvalue weighted by Gasteiger charge is -2.40. The molecular formula is C26H21F2N3O2S. The van der Waals surface area contributed by atoms with Crippen molar-refractivity contribution in [3.05, 3.63) is 83.2 Å². The first kappa shape index (κ1) is 21.3. The van der Waals surface area contributed by atoms with Crippen LogP contribution in [0, 0.1) is 11.8 Å². The highest BCUT2D eigenvalue weighted by Gasteiger charge is 2.45. The van der Waals surface area contributed by atoms with Crippen LogP contribution in [0.25, 0.3) is 16.7 Å². The molecule has 2 aromatic carbocycles. The summed E-state index contributed by atoms with van der Waals surface area (Å²) in [5.74, 6) is 0.317. The van der Waals surface area contributed by atoms with Crippen molar-refractivity contribution < 1.29 is 18.3 Å². The summed E-state index contributed by atoms with van der Waals surface area (Å²) in [4.78, 5) is 8.67. The minimum Gasteiger partial charge on any atom is -0.453 e. The van der Waals surface area contributed by atoms with Gasteiger partial charge in [0.05, 0.1) is 13.2 Å². The fraction of sp³-hybridized carbons (Fsp3) is 0.231. The zero-order chi connectivity index (χ0) is 23.3. The third-order valence-electron chi connectivity index (χ3n) is 6.49. The third kappa shape index (κ3) is 3.40. The van der Waals surface area contributed by atoms with Crippen LogP contribution in [0.3, 0.4) is 0 Å². The Hall–Kier alpha value is -3.23. The van der Waals surface area contributed by atoms with Crippen molar-refractivity contribution in [1.82, 2.24) is 4.98 Å². The monoisotopic (exact) mass is 477 g/mol. The van der Waals surface area contributed by atoms with E-state index in [1.165, 1.54) is 24.0 Å². The van der Waals surface area contributed by atoms with Crippen LogP contribution in [-0.2, 0) is 10.3 Å². The summed E-state index contributed by atoms with van der Waals surface area (Å²) >= 11 is 1.47. The standard InChI is InChI=1S/C26H21F2N3O2S/c27-21-13-17(16-3-2-9-32-14-16)12-20-23(21)33-22-6-5-15(18-4-1-8-30-24(18)28)11-19(22)26(20)7-10-34-25(29)31-26/h1,3-6,8,11-13H,2,7,9-10,14H2,(H2,29,31)/t26-/m0/s1. The summed E-state index contributed by atoms with van der Waals surface area (Å²) in [6, 6.07) is 12.1. The second-order valence-electron chi connectivity index (χ2n) is 8.47. The highest BCUT2D eigenvalue weighted by Crippen LogP contribution is 2.54. The van der Waals surface area contributed by atoms with E-state index in [0.29, 0.717) is 53.0 Å². The van der Waals surface area contributed by atoms with Crippen molar-refractivity contribution in [2.24, 2.45) is 10.7 Å². The van der Waals surface area contributed by atoms with Gasteiger partial charge in [0.2, 0.25) is 5.95 Å². The zero-order valence-electron chi connectivity index (χ0n) is 18.2. The first-order valence-electron chi connectivity index (χ1n) is 11.1. The molecule has 3 aromatic rings. The predicted octanol–water partition coefficient (Wildman–Crippen LogP) is 5.63. The number of amidine groups is 1. The summed E-state index contributed by atoms with van der Waals surface area (Å²) in [5, 5.41) is 0.425. The summed E-state index contributed by atoms with van der Waals surface area (Å²) < 4.78 is 41.6. The number of rotatable bonds is 2. The van der Waals surface area contributed by atoms with Gasteiger partial charge >= 0.3 is 0 Å². The van der Waals surface area contributed by atoms with Crippen LogP contribution in [0.4, 0.5) is 8.78 Å². The highest BCUT2D eigenvalue weighted by molar-refractivity contribution is 8.13. The number of aliphatic imine (C=N–C) groups is 1. The molecule has 0 saturated heterocycles. The molecule has 172 valence electrons. The molecule has 1 spiro atoms. The summed E-state index contributed by atoms with van der Waals surface area (Å²) in [7, 11) is 0. The van der Waals surface area contributed by atoms with Gasteiger partial charge in [0, 0.05) is 28.6 Å². The molecule has 6 rings (SSSR count). The number of pyridine rings is 1. The molecule has 4 heterocycles. The second kappa shape index (κ2) is 8.21. The van der Waals surface area contributed by atoms with Gasteiger partial charge in [-0.1, -0.05) is 23.9 Å². The van der Waals surface area contributed by atoms with Crippen molar-refractivity contribution in [2.45, 2.75) is 18.4 Å². The van der Waals surface area contributed by atoms with E-state index in [2.05, 4.69) is 11.1 Å². The van der Waals surface area contributed by atoms with Crippen molar-refractivity contribution in [3.8, 4) is 22.6 Å². The average molecular weight is 478 g/mol. The van der Waals surface area contributed by atoms with Crippen LogP contribution in [0.5, 0.6) is 11.5 Å². The Morgan fingerprint density at radius 2 is 1.94 bits per heavy atom. The Bertz CT molecular complexity index is 1370. The van der Waals surface area contributed by atoms with Crippen LogP contribution in [0.15, 0.2) is 59.7 Å². The number of fused-ring (bicyclic) bond motifs is 4. The van der Waals surface area contributed by atoms with Gasteiger partial charge in [0.15, 0.2) is 16.7 Å². The Labute approximate surface area is 199 Å². The number of ether oxygens (including phenoxy) is 2. The van der Waals surface area contributed by atoms with Crippen LogP contribution in [0.1, 0.15) is 29.5 Å². The van der Waals surface area contributed by atoms with Crippen molar-refractivity contribution in [3.63, 3.8) is 0 Å². The van der Waals surface area contributed by atoms with E-state index < -0.39 is 17.3 Å². The van der Waals surface area contributed by atoms with Gasteiger partial charge < -0.3 is 15.2 Å². The lowest BCUT2D eigenvalue weighted by atomic mass is 9.76. The summed E-state index contributed by atoms with van der Waals surface area (Å²) in [6.07, 6.45) is 4.86. The second-order valence-corrected chi connectivity index (χ2v) is 9.58. The Morgan fingerprint density at radius 3 is 2.74 bits per heavy atom. The van der Waals surface area contributed by atoms with Gasteiger partial charge in [-0.15, -0.1) is 0 Å². The number of nitrogens with zero attached hydrogens (tertiary/aromatic N) is 2. The molecule has 0 radical (unpaired) electrons. The van der Waals surface area contributed by atoms with Crippen molar-refractivity contribution >= 4 is 22.5 Å². The first-order valence-corrected chi connectivity index (χ1v) is 12.1. The summed E-state index contributed by atoms with van der Waals surface area (Å²) in [5.41, 5.74) is 9.32. The van der Waals surface area contributed by atoms with Crippen LogP contribution < -0.4 is 10.5 Å². The SMILES string of the molecule is NC1=N[C@@]2(CCS1)c1cc(-c3cccnc3F)ccc1Oc1c(F)cc(C3=CCCOC3)cc12. The molecule has 0 bridgehead atoms. The maximum atomic E-state index is 15.5. The molecule has 2 N–H and O–H groups in total.